The van der Waals surface area contributed by atoms with E-state index in [-0.39, 0.29) is 19.7 Å². The molecular formula is C17H20FN3O4. The summed E-state index contributed by atoms with van der Waals surface area (Å²) in [5.74, 6) is 0.328. The minimum atomic E-state index is -0.929. The topological polar surface area (TPSA) is 92.7 Å². The van der Waals surface area contributed by atoms with Crippen molar-refractivity contribution in [3.63, 3.8) is 0 Å². The first-order valence-electron chi connectivity index (χ1n) is 7.64. The van der Waals surface area contributed by atoms with E-state index >= 15 is 0 Å². The van der Waals surface area contributed by atoms with Crippen molar-refractivity contribution < 1.29 is 23.8 Å². The van der Waals surface area contributed by atoms with Gasteiger partial charge >= 0.3 is 6.03 Å². The van der Waals surface area contributed by atoms with E-state index in [2.05, 4.69) is 15.6 Å². The number of aliphatic hydroxyl groups excluding tert-OH is 1. The van der Waals surface area contributed by atoms with Crippen LogP contribution in [0.5, 0.6) is 11.6 Å². The van der Waals surface area contributed by atoms with E-state index in [1.54, 1.807) is 24.4 Å². The van der Waals surface area contributed by atoms with Gasteiger partial charge in [0.15, 0.2) is 0 Å². The van der Waals surface area contributed by atoms with Crippen LogP contribution in [0.25, 0.3) is 0 Å². The van der Waals surface area contributed by atoms with Gasteiger partial charge in [-0.1, -0.05) is 12.1 Å². The Morgan fingerprint density at radius 3 is 2.92 bits per heavy atom. The molecule has 1 atom stereocenters. The number of pyridine rings is 1. The van der Waals surface area contributed by atoms with Crippen LogP contribution in [0.15, 0.2) is 42.6 Å². The number of rotatable bonds is 8. The quantitative estimate of drug-likeness (QED) is 0.671. The molecule has 8 heteroatoms. The van der Waals surface area contributed by atoms with Crippen LogP contribution in [0.1, 0.15) is 5.56 Å². The molecule has 0 saturated carbocycles. The highest BCUT2D eigenvalue weighted by atomic mass is 19.1. The molecule has 0 radical (unpaired) electrons. The predicted molar refractivity (Wildman–Crippen MR) is 88.9 cm³/mol. The molecule has 1 heterocycles. The van der Waals surface area contributed by atoms with E-state index in [1.165, 1.54) is 25.3 Å². The Labute approximate surface area is 144 Å². The number of amides is 2. The van der Waals surface area contributed by atoms with Crippen molar-refractivity contribution in [1.29, 1.82) is 0 Å². The Bertz CT molecular complexity index is 699. The molecule has 0 saturated heterocycles. The smallest absolute Gasteiger partial charge is 0.315 e. The van der Waals surface area contributed by atoms with E-state index in [0.29, 0.717) is 11.6 Å². The molecule has 1 aromatic carbocycles. The molecule has 2 rings (SSSR count). The summed E-state index contributed by atoms with van der Waals surface area (Å²) in [6.45, 7) is 0.157. The lowest BCUT2D eigenvalue weighted by molar-refractivity contribution is 0.107. The van der Waals surface area contributed by atoms with Gasteiger partial charge in [-0.3, -0.25) is 0 Å². The fourth-order valence-corrected chi connectivity index (χ4v) is 2.00. The van der Waals surface area contributed by atoms with Crippen LogP contribution >= 0.6 is 0 Å². The molecule has 2 aromatic rings. The molecule has 0 spiro atoms. The lowest BCUT2D eigenvalue weighted by Crippen LogP contribution is -2.41. The first-order chi connectivity index (χ1) is 12.1. The van der Waals surface area contributed by atoms with Gasteiger partial charge in [0.1, 0.15) is 24.3 Å². The zero-order valence-electron chi connectivity index (χ0n) is 13.7. The maximum Gasteiger partial charge on any atom is 0.315 e. The number of hydrogen-bond acceptors (Lipinski definition) is 5. The zero-order valence-corrected chi connectivity index (χ0v) is 13.7. The van der Waals surface area contributed by atoms with Crippen molar-refractivity contribution in [2.75, 3.05) is 20.3 Å². The molecule has 2 amide bonds. The van der Waals surface area contributed by atoms with Crippen LogP contribution in [0.3, 0.4) is 0 Å². The summed E-state index contributed by atoms with van der Waals surface area (Å²) in [6.07, 6.45) is 0.666. The van der Waals surface area contributed by atoms with Gasteiger partial charge in [-0.15, -0.1) is 0 Å². The van der Waals surface area contributed by atoms with Crippen LogP contribution in [0, 0.1) is 5.82 Å². The summed E-state index contributed by atoms with van der Waals surface area (Å²) < 4.78 is 23.3. The zero-order chi connectivity index (χ0) is 18.1. The van der Waals surface area contributed by atoms with Crippen LogP contribution in [-0.4, -0.2) is 42.5 Å². The van der Waals surface area contributed by atoms with E-state index in [0.717, 1.165) is 5.56 Å². The van der Waals surface area contributed by atoms with Crippen molar-refractivity contribution in [2.24, 2.45) is 0 Å². The number of benzene rings is 1. The minimum absolute atomic E-state index is 0.00861. The van der Waals surface area contributed by atoms with Crippen molar-refractivity contribution >= 4 is 6.03 Å². The lowest BCUT2D eigenvalue weighted by atomic mass is 10.2. The molecule has 0 fully saturated rings. The number of halogens is 1. The van der Waals surface area contributed by atoms with Crippen molar-refractivity contribution in [3.8, 4) is 11.6 Å². The third-order valence-electron chi connectivity index (χ3n) is 3.22. The van der Waals surface area contributed by atoms with E-state index in [4.69, 9.17) is 9.47 Å². The Balaban J connectivity index is 1.68. The third-order valence-corrected chi connectivity index (χ3v) is 3.22. The second-order valence-electron chi connectivity index (χ2n) is 5.16. The highest BCUT2D eigenvalue weighted by molar-refractivity contribution is 5.73. The Morgan fingerprint density at radius 1 is 1.32 bits per heavy atom. The highest BCUT2D eigenvalue weighted by Gasteiger charge is 2.09. The number of nitrogens with one attached hydrogen (secondary N) is 2. The minimum Gasteiger partial charge on any atom is -0.491 e. The second kappa shape index (κ2) is 9.43. The molecule has 25 heavy (non-hydrogen) atoms. The number of nitrogens with zero attached hydrogens (tertiary/aromatic N) is 1. The molecule has 0 aliphatic carbocycles. The number of hydrogen-bond donors (Lipinski definition) is 3. The molecule has 3 N–H and O–H groups in total. The van der Waals surface area contributed by atoms with Gasteiger partial charge in [0.2, 0.25) is 5.88 Å². The first-order valence-corrected chi connectivity index (χ1v) is 7.64. The van der Waals surface area contributed by atoms with Crippen LogP contribution < -0.4 is 20.1 Å². The second-order valence-corrected chi connectivity index (χ2v) is 5.16. The van der Waals surface area contributed by atoms with E-state index < -0.39 is 18.0 Å². The number of aliphatic hydroxyl groups is 1. The summed E-state index contributed by atoms with van der Waals surface area (Å²) >= 11 is 0. The van der Waals surface area contributed by atoms with Crippen LogP contribution in [0.2, 0.25) is 0 Å². The third kappa shape index (κ3) is 6.27. The summed E-state index contributed by atoms with van der Waals surface area (Å²) in [5, 5.41) is 15.0. The number of carbonyl (C=O) groups is 1. The number of methoxy groups -OCH3 is 1. The Morgan fingerprint density at radius 2 is 2.16 bits per heavy atom. The normalized spacial score (nSPS) is 11.5. The summed E-state index contributed by atoms with van der Waals surface area (Å²) in [4.78, 5) is 15.8. The van der Waals surface area contributed by atoms with Crippen LogP contribution in [0.4, 0.5) is 9.18 Å². The van der Waals surface area contributed by atoms with Gasteiger partial charge in [-0.25, -0.2) is 14.2 Å². The highest BCUT2D eigenvalue weighted by Crippen LogP contribution is 2.13. The van der Waals surface area contributed by atoms with Gasteiger partial charge in [-0.05, 0) is 18.2 Å². The van der Waals surface area contributed by atoms with Crippen molar-refractivity contribution in [2.45, 2.75) is 12.6 Å². The average Bonchev–Trinajstić information content (AvgIpc) is 2.63. The predicted octanol–water partition coefficient (Wildman–Crippen LogP) is 1.47. The standard InChI is InChI=1S/C17H20FN3O4/c1-24-16-12(4-3-7-19-16)9-20-17(23)21-10-14(22)11-25-15-6-2-5-13(18)8-15/h2-8,14,22H,9-11H2,1H3,(H2,20,21,23). The van der Waals surface area contributed by atoms with Crippen LogP contribution in [-0.2, 0) is 6.54 Å². The molecule has 0 aliphatic rings. The fraction of sp³-hybridized carbons (Fsp3) is 0.294. The van der Waals surface area contributed by atoms with Gasteiger partial charge in [0.05, 0.1) is 7.11 Å². The molecule has 1 unspecified atom stereocenters. The Kier molecular flexibility index (Phi) is 6.97. The van der Waals surface area contributed by atoms with Gasteiger partial charge in [0, 0.05) is 30.9 Å². The molecule has 0 aliphatic heterocycles. The number of carbonyl (C=O) groups excluding carboxylic acids is 1. The summed E-state index contributed by atoms with van der Waals surface area (Å²) in [7, 11) is 1.50. The SMILES string of the molecule is COc1ncccc1CNC(=O)NCC(O)COc1cccc(F)c1. The number of ether oxygens (including phenoxy) is 2. The number of urea groups is 1. The van der Waals surface area contributed by atoms with E-state index in [9.17, 15) is 14.3 Å². The largest absolute Gasteiger partial charge is 0.491 e. The molecular weight excluding hydrogens is 329 g/mol. The van der Waals surface area contributed by atoms with Crippen molar-refractivity contribution in [1.82, 2.24) is 15.6 Å². The average molecular weight is 349 g/mol. The molecule has 134 valence electrons. The fourth-order valence-electron chi connectivity index (χ4n) is 2.00. The molecule has 7 nitrogen and oxygen atoms in total. The maximum absolute atomic E-state index is 13.0. The monoisotopic (exact) mass is 349 g/mol. The molecule has 0 bridgehead atoms. The first kappa shape index (κ1) is 18.5. The van der Waals surface area contributed by atoms with E-state index in [1.807, 2.05) is 0 Å². The Hall–Kier alpha value is -2.87. The maximum atomic E-state index is 13.0. The van der Waals surface area contributed by atoms with Gasteiger partial charge in [0.25, 0.3) is 0 Å². The van der Waals surface area contributed by atoms with Gasteiger partial charge < -0.3 is 25.2 Å². The lowest BCUT2D eigenvalue weighted by Gasteiger charge is -2.14. The van der Waals surface area contributed by atoms with Gasteiger partial charge in [-0.2, -0.15) is 0 Å². The summed E-state index contributed by atoms with van der Waals surface area (Å²) in [5.41, 5.74) is 0.732. The summed E-state index contributed by atoms with van der Waals surface area (Å²) in [6, 6.07) is 8.68. The number of aromatic nitrogens is 1. The molecule has 1 aromatic heterocycles. The van der Waals surface area contributed by atoms with Crippen molar-refractivity contribution in [3.05, 3.63) is 54.0 Å².